The summed E-state index contributed by atoms with van der Waals surface area (Å²) in [4.78, 5) is 4.52. The SMILES string of the molecule is C#CCSc1nc(-c2ccc(Br)cc2)cs1. The highest BCUT2D eigenvalue weighted by Crippen LogP contribution is 2.28. The van der Waals surface area contributed by atoms with Crippen LogP contribution in [0.3, 0.4) is 0 Å². The number of benzene rings is 1. The Morgan fingerprint density at radius 3 is 2.81 bits per heavy atom. The van der Waals surface area contributed by atoms with Gasteiger partial charge in [0, 0.05) is 15.4 Å². The predicted molar refractivity (Wildman–Crippen MR) is 74.8 cm³/mol. The highest BCUT2D eigenvalue weighted by Gasteiger charge is 2.04. The number of aromatic nitrogens is 1. The van der Waals surface area contributed by atoms with Crippen LogP contribution in [0.1, 0.15) is 0 Å². The molecule has 2 aromatic rings. The summed E-state index contributed by atoms with van der Waals surface area (Å²) in [5.41, 5.74) is 2.14. The molecular formula is C12H8BrNS2. The second-order valence-electron chi connectivity index (χ2n) is 3.00. The maximum absolute atomic E-state index is 5.21. The van der Waals surface area contributed by atoms with Gasteiger partial charge in [0.1, 0.15) is 0 Å². The Labute approximate surface area is 111 Å². The minimum atomic E-state index is 0.674. The molecule has 16 heavy (non-hydrogen) atoms. The Bertz CT molecular complexity index is 511. The van der Waals surface area contributed by atoms with Crippen LogP contribution in [0.15, 0.2) is 38.5 Å². The summed E-state index contributed by atoms with van der Waals surface area (Å²) >= 11 is 6.65. The van der Waals surface area contributed by atoms with E-state index in [-0.39, 0.29) is 0 Å². The Hall–Kier alpha value is -0.760. The van der Waals surface area contributed by atoms with E-state index in [1.807, 2.05) is 12.1 Å². The first kappa shape index (κ1) is 11.7. The van der Waals surface area contributed by atoms with Gasteiger partial charge in [-0.25, -0.2) is 4.98 Å². The highest BCUT2D eigenvalue weighted by molar-refractivity contribution is 9.10. The highest BCUT2D eigenvalue weighted by atomic mass is 79.9. The average Bonchev–Trinajstić information content (AvgIpc) is 2.76. The summed E-state index contributed by atoms with van der Waals surface area (Å²) in [6.07, 6.45) is 5.21. The lowest BCUT2D eigenvalue weighted by Gasteiger charge is -1.96. The first-order valence-corrected chi connectivity index (χ1v) is 7.23. The van der Waals surface area contributed by atoms with Crippen LogP contribution < -0.4 is 0 Å². The van der Waals surface area contributed by atoms with Crippen molar-refractivity contribution in [1.29, 1.82) is 0 Å². The van der Waals surface area contributed by atoms with Gasteiger partial charge < -0.3 is 0 Å². The number of hydrogen-bond donors (Lipinski definition) is 0. The number of nitrogens with zero attached hydrogens (tertiary/aromatic N) is 1. The molecule has 4 heteroatoms. The number of thioether (sulfide) groups is 1. The van der Waals surface area contributed by atoms with Crippen LogP contribution in [0.25, 0.3) is 11.3 Å². The van der Waals surface area contributed by atoms with Crippen LogP contribution >= 0.6 is 39.0 Å². The molecule has 1 nitrogen and oxygen atoms in total. The molecule has 0 spiro atoms. The van der Waals surface area contributed by atoms with Gasteiger partial charge in [-0.15, -0.1) is 17.8 Å². The third kappa shape index (κ3) is 2.88. The van der Waals surface area contributed by atoms with Crippen LogP contribution in [0.5, 0.6) is 0 Å². The maximum atomic E-state index is 5.21. The van der Waals surface area contributed by atoms with E-state index in [1.165, 1.54) is 0 Å². The average molecular weight is 310 g/mol. The molecule has 1 aromatic carbocycles. The Morgan fingerprint density at radius 1 is 1.38 bits per heavy atom. The molecule has 0 aliphatic heterocycles. The number of rotatable bonds is 3. The van der Waals surface area contributed by atoms with Gasteiger partial charge in [-0.3, -0.25) is 0 Å². The molecule has 2 rings (SSSR count). The van der Waals surface area contributed by atoms with Gasteiger partial charge in [-0.1, -0.05) is 45.7 Å². The van der Waals surface area contributed by atoms with Crippen molar-refractivity contribution >= 4 is 39.0 Å². The van der Waals surface area contributed by atoms with E-state index in [0.29, 0.717) is 5.75 Å². The molecule has 0 fully saturated rings. The van der Waals surface area contributed by atoms with Gasteiger partial charge in [0.25, 0.3) is 0 Å². The predicted octanol–water partition coefficient (Wildman–Crippen LogP) is 4.30. The number of halogens is 1. The van der Waals surface area contributed by atoms with Crippen molar-refractivity contribution in [3.05, 3.63) is 34.1 Å². The maximum Gasteiger partial charge on any atom is 0.151 e. The smallest absolute Gasteiger partial charge is 0.151 e. The van der Waals surface area contributed by atoms with E-state index in [9.17, 15) is 0 Å². The fourth-order valence-electron chi connectivity index (χ4n) is 1.18. The molecule has 80 valence electrons. The minimum Gasteiger partial charge on any atom is -0.230 e. The fraction of sp³-hybridized carbons (Fsp3) is 0.0833. The van der Waals surface area contributed by atoms with Gasteiger partial charge in [-0.2, -0.15) is 0 Å². The molecule has 1 heterocycles. The monoisotopic (exact) mass is 309 g/mol. The van der Waals surface area contributed by atoms with Gasteiger partial charge in [0.15, 0.2) is 4.34 Å². The summed E-state index contributed by atoms with van der Waals surface area (Å²) in [6, 6.07) is 8.13. The molecule has 0 saturated heterocycles. The Balaban J connectivity index is 2.18. The Kier molecular flexibility index (Phi) is 4.05. The summed E-state index contributed by atoms with van der Waals surface area (Å²) in [6.45, 7) is 0. The molecule has 0 bridgehead atoms. The van der Waals surface area contributed by atoms with Gasteiger partial charge >= 0.3 is 0 Å². The van der Waals surface area contributed by atoms with Gasteiger partial charge in [0.2, 0.25) is 0 Å². The van der Waals surface area contributed by atoms with Crippen LogP contribution in [0, 0.1) is 12.3 Å². The van der Waals surface area contributed by atoms with Crippen molar-refractivity contribution < 1.29 is 0 Å². The van der Waals surface area contributed by atoms with E-state index in [4.69, 9.17) is 6.42 Å². The summed E-state index contributed by atoms with van der Waals surface area (Å²) in [5.74, 6) is 3.27. The number of thiazole rings is 1. The van der Waals surface area contributed by atoms with Gasteiger partial charge in [-0.05, 0) is 12.1 Å². The number of hydrogen-bond acceptors (Lipinski definition) is 3. The summed E-state index contributed by atoms with van der Waals surface area (Å²) < 4.78 is 2.10. The molecule has 0 aliphatic rings. The first-order valence-electron chi connectivity index (χ1n) is 4.57. The molecule has 0 radical (unpaired) electrons. The summed E-state index contributed by atoms with van der Waals surface area (Å²) in [7, 11) is 0. The molecule has 0 unspecified atom stereocenters. The van der Waals surface area contributed by atoms with Crippen molar-refractivity contribution in [2.75, 3.05) is 5.75 Å². The molecular weight excluding hydrogens is 302 g/mol. The second-order valence-corrected chi connectivity index (χ2v) is 5.99. The molecule has 0 saturated carbocycles. The van der Waals surface area contributed by atoms with E-state index in [1.54, 1.807) is 23.1 Å². The normalized spacial score (nSPS) is 10.0. The molecule has 1 aromatic heterocycles. The third-order valence-electron chi connectivity index (χ3n) is 1.90. The largest absolute Gasteiger partial charge is 0.230 e. The lowest BCUT2D eigenvalue weighted by Crippen LogP contribution is -1.78. The fourth-order valence-corrected chi connectivity index (χ4v) is 2.96. The van der Waals surface area contributed by atoms with Crippen LogP contribution in [-0.4, -0.2) is 10.7 Å². The molecule has 0 aliphatic carbocycles. The molecule has 0 amide bonds. The van der Waals surface area contributed by atoms with E-state index in [2.05, 4.69) is 44.3 Å². The second kappa shape index (κ2) is 5.53. The first-order chi connectivity index (χ1) is 7.79. The zero-order valence-corrected chi connectivity index (χ0v) is 11.5. The van der Waals surface area contributed by atoms with E-state index in [0.717, 1.165) is 20.1 Å². The van der Waals surface area contributed by atoms with Crippen molar-refractivity contribution in [3.63, 3.8) is 0 Å². The molecule has 0 N–H and O–H groups in total. The quantitative estimate of drug-likeness (QED) is 0.619. The van der Waals surface area contributed by atoms with Crippen molar-refractivity contribution in [3.8, 4) is 23.6 Å². The van der Waals surface area contributed by atoms with E-state index >= 15 is 0 Å². The van der Waals surface area contributed by atoms with Crippen LogP contribution in [-0.2, 0) is 0 Å². The van der Waals surface area contributed by atoms with Crippen molar-refractivity contribution in [1.82, 2.24) is 4.98 Å². The topological polar surface area (TPSA) is 12.9 Å². The minimum absolute atomic E-state index is 0.674. The van der Waals surface area contributed by atoms with Crippen molar-refractivity contribution in [2.24, 2.45) is 0 Å². The lowest BCUT2D eigenvalue weighted by molar-refractivity contribution is 1.25. The van der Waals surface area contributed by atoms with E-state index < -0.39 is 0 Å². The Morgan fingerprint density at radius 2 is 2.12 bits per heavy atom. The van der Waals surface area contributed by atoms with Crippen molar-refractivity contribution in [2.45, 2.75) is 4.34 Å². The number of terminal acetylenes is 1. The zero-order valence-electron chi connectivity index (χ0n) is 8.31. The lowest BCUT2D eigenvalue weighted by atomic mass is 10.2. The van der Waals surface area contributed by atoms with Gasteiger partial charge in [0.05, 0.1) is 11.4 Å². The molecule has 0 atom stereocenters. The van der Waals surface area contributed by atoms with Crippen LogP contribution in [0.2, 0.25) is 0 Å². The standard InChI is InChI=1S/C12H8BrNS2/c1-2-7-15-12-14-11(8-16-12)9-3-5-10(13)6-4-9/h1,3-6,8H,7H2. The third-order valence-corrected chi connectivity index (χ3v) is 4.36. The summed E-state index contributed by atoms with van der Waals surface area (Å²) in [5, 5.41) is 2.06. The zero-order chi connectivity index (χ0) is 11.4. The van der Waals surface area contributed by atoms with Crippen LogP contribution in [0.4, 0.5) is 0 Å².